The van der Waals surface area contributed by atoms with Crippen LogP contribution in [-0.2, 0) is 13.0 Å². The summed E-state index contributed by atoms with van der Waals surface area (Å²) in [5.74, 6) is 0.592. The van der Waals surface area contributed by atoms with Gasteiger partial charge in [0.25, 0.3) is 0 Å². The van der Waals surface area contributed by atoms with Crippen molar-refractivity contribution in [1.29, 1.82) is 0 Å². The van der Waals surface area contributed by atoms with Gasteiger partial charge in [0, 0.05) is 10.8 Å². The highest BCUT2D eigenvalue weighted by Crippen LogP contribution is 2.13. The molecule has 10 heavy (non-hydrogen) atoms. The number of aryl methyl sites for hydroxylation is 1. The van der Waals surface area contributed by atoms with Crippen molar-refractivity contribution in [3.05, 3.63) is 16.1 Å². The Morgan fingerprint density at radius 2 is 2.50 bits per heavy atom. The average Bonchev–Trinajstić information content (AvgIpc) is 2.36. The van der Waals surface area contributed by atoms with Crippen molar-refractivity contribution in [3.63, 3.8) is 0 Å². The first kappa shape index (κ1) is 7.98. The summed E-state index contributed by atoms with van der Waals surface area (Å²) >= 11 is 7.06. The van der Waals surface area contributed by atoms with Crippen LogP contribution >= 0.6 is 22.9 Å². The smallest absolute Gasteiger partial charge is 0.0864 e. The number of alkyl halides is 1. The molecule has 0 aromatic carbocycles. The predicted molar refractivity (Wildman–Crippen MR) is 42.5 cm³/mol. The van der Waals surface area contributed by atoms with E-state index in [1.165, 1.54) is 0 Å². The van der Waals surface area contributed by atoms with Crippen LogP contribution in [0.2, 0.25) is 0 Å². The molecule has 4 heteroatoms. The van der Waals surface area contributed by atoms with Gasteiger partial charge in [-0.25, -0.2) is 4.98 Å². The molecule has 0 radical (unpaired) electrons. The van der Waals surface area contributed by atoms with Crippen LogP contribution in [0.1, 0.15) is 10.6 Å². The van der Waals surface area contributed by atoms with Crippen LogP contribution in [0, 0.1) is 0 Å². The molecule has 0 spiro atoms. The fourth-order valence-electron chi connectivity index (χ4n) is 0.712. The minimum Gasteiger partial charge on any atom is -0.390 e. The van der Waals surface area contributed by atoms with Gasteiger partial charge in [-0.1, -0.05) is 0 Å². The second-order valence-electron chi connectivity index (χ2n) is 1.82. The highest BCUT2D eigenvalue weighted by atomic mass is 35.5. The second kappa shape index (κ2) is 3.91. The molecular formula is C6H8ClNOS. The molecule has 0 aliphatic heterocycles. The van der Waals surface area contributed by atoms with Crippen LogP contribution in [0.5, 0.6) is 0 Å². The maximum absolute atomic E-state index is 8.74. The zero-order valence-electron chi connectivity index (χ0n) is 5.38. The topological polar surface area (TPSA) is 33.1 Å². The lowest BCUT2D eigenvalue weighted by molar-refractivity contribution is 0.276. The Balaban J connectivity index is 2.70. The third-order valence-electron chi connectivity index (χ3n) is 1.20. The number of thiazole rings is 1. The number of aliphatic hydroxyl groups excluding tert-OH is 1. The van der Waals surface area contributed by atoms with E-state index in [0.29, 0.717) is 5.88 Å². The fourth-order valence-corrected chi connectivity index (χ4v) is 1.79. The summed E-state index contributed by atoms with van der Waals surface area (Å²) in [7, 11) is 0. The number of hydrogen-bond donors (Lipinski definition) is 1. The molecule has 0 atom stereocenters. The first-order chi connectivity index (χ1) is 4.88. The Morgan fingerprint density at radius 1 is 1.70 bits per heavy atom. The number of aliphatic hydroxyl groups is 1. The van der Waals surface area contributed by atoms with Crippen LogP contribution in [0.3, 0.4) is 0 Å². The van der Waals surface area contributed by atoms with Gasteiger partial charge in [0.15, 0.2) is 0 Å². The van der Waals surface area contributed by atoms with E-state index in [1.54, 1.807) is 16.8 Å². The number of nitrogens with zero attached hydrogens (tertiary/aromatic N) is 1. The van der Waals surface area contributed by atoms with Crippen LogP contribution < -0.4 is 0 Å². The average molecular weight is 178 g/mol. The summed E-state index contributed by atoms with van der Waals surface area (Å²) < 4.78 is 0. The van der Waals surface area contributed by atoms with Crippen LogP contribution in [0.25, 0.3) is 0 Å². The zero-order valence-corrected chi connectivity index (χ0v) is 6.95. The molecule has 1 heterocycles. The summed E-state index contributed by atoms with van der Waals surface area (Å²) in [5, 5.41) is 8.74. The van der Waals surface area contributed by atoms with E-state index in [1.807, 2.05) is 0 Å². The van der Waals surface area contributed by atoms with Crippen molar-refractivity contribution in [3.8, 4) is 0 Å². The summed E-state index contributed by atoms with van der Waals surface area (Å²) in [6.07, 6.45) is 0.808. The molecule has 0 bridgehead atoms. The number of halogens is 1. The van der Waals surface area contributed by atoms with E-state index in [4.69, 9.17) is 16.7 Å². The van der Waals surface area contributed by atoms with Crippen molar-refractivity contribution in [2.75, 3.05) is 5.88 Å². The quantitative estimate of drug-likeness (QED) is 0.709. The standard InChI is InChI=1S/C6H8ClNOS/c7-2-1-6-5(3-9)8-4-10-6/h4,9H,1-3H2. The van der Waals surface area contributed by atoms with Crippen molar-refractivity contribution < 1.29 is 5.11 Å². The van der Waals surface area contributed by atoms with Crippen molar-refractivity contribution in [1.82, 2.24) is 4.98 Å². The zero-order chi connectivity index (χ0) is 7.40. The third-order valence-corrected chi connectivity index (χ3v) is 2.32. The van der Waals surface area contributed by atoms with Gasteiger partial charge < -0.3 is 5.11 Å². The minimum atomic E-state index is 0.0235. The Kier molecular flexibility index (Phi) is 3.12. The lowest BCUT2D eigenvalue weighted by atomic mass is 10.3. The second-order valence-corrected chi connectivity index (χ2v) is 3.14. The lowest BCUT2D eigenvalue weighted by Crippen LogP contribution is -1.90. The lowest BCUT2D eigenvalue weighted by Gasteiger charge is -1.93. The highest BCUT2D eigenvalue weighted by molar-refractivity contribution is 7.09. The molecule has 1 N–H and O–H groups in total. The van der Waals surface area contributed by atoms with Gasteiger partial charge in [0.05, 0.1) is 17.8 Å². The van der Waals surface area contributed by atoms with Gasteiger partial charge >= 0.3 is 0 Å². The third kappa shape index (κ3) is 1.68. The highest BCUT2D eigenvalue weighted by Gasteiger charge is 2.02. The maximum Gasteiger partial charge on any atom is 0.0864 e. The molecule has 0 saturated heterocycles. The first-order valence-electron chi connectivity index (χ1n) is 2.96. The predicted octanol–water partition coefficient (Wildman–Crippen LogP) is 1.42. The molecule has 1 rings (SSSR count). The number of aromatic nitrogens is 1. The largest absolute Gasteiger partial charge is 0.390 e. The van der Waals surface area contributed by atoms with E-state index >= 15 is 0 Å². The molecular weight excluding hydrogens is 170 g/mol. The van der Waals surface area contributed by atoms with E-state index in [2.05, 4.69) is 4.98 Å². The van der Waals surface area contributed by atoms with E-state index in [9.17, 15) is 0 Å². The molecule has 56 valence electrons. The minimum absolute atomic E-state index is 0.0235. The van der Waals surface area contributed by atoms with Gasteiger partial charge in [-0.05, 0) is 6.42 Å². The molecule has 2 nitrogen and oxygen atoms in total. The Labute approximate surface area is 68.5 Å². The monoisotopic (exact) mass is 177 g/mol. The van der Waals surface area contributed by atoms with E-state index in [0.717, 1.165) is 17.0 Å². The Morgan fingerprint density at radius 3 is 3.10 bits per heavy atom. The first-order valence-corrected chi connectivity index (χ1v) is 4.38. The van der Waals surface area contributed by atoms with Gasteiger partial charge in [0.2, 0.25) is 0 Å². The summed E-state index contributed by atoms with van der Waals surface area (Å²) in [6.45, 7) is 0.0235. The summed E-state index contributed by atoms with van der Waals surface area (Å²) in [6, 6.07) is 0. The molecule has 0 amide bonds. The maximum atomic E-state index is 8.74. The Hall–Kier alpha value is -0.120. The molecule has 1 aromatic heterocycles. The van der Waals surface area contributed by atoms with Crippen LogP contribution in [0.4, 0.5) is 0 Å². The molecule has 0 unspecified atom stereocenters. The number of rotatable bonds is 3. The van der Waals surface area contributed by atoms with Gasteiger partial charge in [-0.15, -0.1) is 22.9 Å². The molecule has 1 aromatic rings. The SMILES string of the molecule is OCc1ncsc1CCCl. The molecule has 0 aliphatic carbocycles. The fraction of sp³-hybridized carbons (Fsp3) is 0.500. The van der Waals surface area contributed by atoms with Gasteiger partial charge in [0.1, 0.15) is 0 Å². The van der Waals surface area contributed by atoms with Gasteiger partial charge in [-0.2, -0.15) is 0 Å². The van der Waals surface area contributed by atoms with E-state index < -0.39 is 0 Å². The summed E-state index contributed by atoms with van der Waals surface area (Å²) in [4.78, 5) is 5.06. The van der Waals surface area contributed by atoms with Crippen molar-refractivity contribution in [2.24, 2.45) is 0 Å². The molecule has 0 aliphatic rings. The normalized spacial score (nSPS) is 10.2. The van der Waals surface area contributed by atoms with Crippen LogP contribution in [-0.4, -0.2) is 16.0 Å². The van der Waals surface area contributed by atoms with E-state index in [-0.39, 0.29) is 6.61 Å². The molecule has 0 saturated carbocycles. The van der Waals surface area contributed by atoms with Crippen molar-refractivity contribution >= 4 is 22.9 Å². The number of hydrogen-bond acceptors (Lipinski definition) is 3. The van der Waals surface area contributed by atoms with Crippen LogP contribution in [0.15, 0.2) is 5.51 Å². The molecule has 0 fully saturated rings. The van der Waals surface area contributed by atoms with Crippen molar-refractivity contribution in [2.45, 2.75) is 13.0 Å². The summed E-state index contributed by atoms with van der Waals surface area (Å²) in [5.41, 5.74) is 2.50. The van der Waals surface area contributed by atoms with Gasteiger partial charge in [-0.3, -0.25) is 0 Å². The Bertz CT molecular complexity index is 201.